The Morgan fingerprint density at radius 1 is 1.33 bits per heavy atom. The number of aryl methyl sites for hydroxylation is 1. The number of nitrogens with zero attached hydrogens (tertiary/aromatic N) is 3. The highest BCUT2D eigenvalue weighted by Gasteiger charge is 2.21. The number of aromatic nitrogens is 1. The van der Waals surface area contributed by atoms with Gasteiger partial charge >= 0.3 is 0 Å². The average molecular weight is 249 g/mol. The topological polar surface area (TPSA) is 45.7 Å². The van der Waals surface area contributed by atoms with Crippen LogP contribution in [0.15, 0.2) is 12.3 Å². The van der Waals surface area contributed by atoms with Crippen molar-refractivity contribution in [1.29, 1.82) is 0 Å². The van der Waals surface area contributed by atoms with Crippen molar-refractivity contribution in [2.45, 2.75) is 6.92 Å². The van der Waals surface area contributed by atoms with E-state index in [4.69, 9.17) is 4.74 Å². The number of pyridine rings is 1. The molecular formula is C13H19N3O2. The molecule has 5 nitrogen and oxygen atoms in total. The molecule has 2 heterocycles. The van der Waals surface area contributed by atoms with Gasteiger partial charge in [0.15, 0.2) is 0 Å². The first kappa shape index (κ1) is 12.8. The molecule has 0 aliphatic carbocycles. The molecule has 5 heteroatoms. The Balaban J connectivity index is 2.13. The van der Waals surface area contributed by atoms with E-state index in [0.29, 0.717) is 11.3 Å². The van der Waals surface area contributed by atoms with Gasteiger partial charge in [0.25, 0.3) is 5.91 Å². The molecule has 0 saturated carbocycles. The summed E-state index contributed by atoms with van der Waals surface area (Å²) in [6, 6.07) is 1.77. The van der Waals surface area contributed by atoms with Gasteiger partial charge in [-0.15, -0.1) is 0 Å². The van der Waals surface area contributed by atoms with Gasteiger partial charge in [-0.3, -0.25) is 9.78 Å². The number of rotatable bonds is 2. The van der Waals surface area contributed by atoms with E-state index in [0.717, 1.165) is 31.9 Å². The Morgan fingerprint density at radius 3 is 2.61 bits per heavy atom. The number of likely N-dealkylation sites (N-methyl/N-ethyl adjacent to an activating group) is 1. The van der Waals surface area contributed by atoms with Crippen LogP contribution in [0.4, 0.5) is 0 Å². The van der Waals surface area contributed by atoms with Crippen molar-refractivity contribution in [3.8, 4) is 5.75 Å². The van der Waals surface area contributed by atoms with E-state index >= 15 is 0 Å². The molecule has 1 aromatic heterocycles. The van der Waals surface area contributed by atoms with Crippen LogP contribution >= 0.6 is 0 Å². The molecule has 0 spiro atoms. The Morgan fingerprint density at radius 2 is 2.00 bits per heavy atom. The fourth-order valence-corrected chi connectivity index (χ4v) is 2.03. The van der Waals surface area contributed by atoms with E-state index in [-0.39, 0.29) is 5.91 Å². The van der Waals surface area contributed by atoms with Crippen molar-refractivity contribution in [3.63, 3.8) is 0 Å². The molecule has 1 aromatic rings. The second-order valence-corrected chi connectivity index (χ2v) is 4.61. The Hall–Kier alpha value is -1.62. The SMILES string of the molecule is COc1cc(C(=O)N2CCN(C)CC2)cnc1C. The quantitative estimate of drug-likeness (QED) is 0.777. The van der Waals surface area contributed by atoms with E-state index in [1.807, 2.05) is 11.8 Å². The second kappa shape index (κ2) is 5.35. The first-order valence-corrected chi connectivity index (χ1v) is 6.10. The van der Waals surface area contributed by atoms with Gasteiger partial charge in [0.05, 0.1) is 18.4 Å². The largest absolute Gasteiger partial charge is 0.495 e. The lowest BCUT2D eigenvalue weighted by atomic mass is 10.2. The summed E-state index contributed by atoms with van der Waals surface area (Å²) in [5.41, 5.74) is 1.40. The third-order valence-electron chi connectivity index (χ3n) is 3.30. The fourth-order valence-electron chi connectivity index (χ4n) is 2.03. The van der Waals surface area contributed by atoms with E-state index in [2.05, 4.69) is 16.9 Å². The van der Waals surface area contributed by atoms with E-state index in [1.54, 1.807) is 19.4 Å². The zero-order valence-electron chi connectivity index (χ0n) is 11.1. The minimum absolute atomic E-state index is 0.0360. The number of hydrogen-bond donors (Lipinski definition) is 0. The number of amides is 1. The predicted octanol–water partition coefficient (Wildman–Crippen LogP) is 0.786. The van der Waals surface area contributed by atoms with Crippen LogP contribution in [0.2, 0.25) is 0 Å². The van der Waals surface area contributed by atoms with Crippen LogP contribution in [0.3, 0.4) is 0 Å². The molecule has 1 amide bonds. The summed E-state index contributed by atoms with van der Waals surface area (Å²) in [5.74, 6) is 0.698. The van der Waals surface area contributed by atoms with E-state index in [1.165, 1.54) is 0 Å². The lowest BCUT2D eigenvalue weighted by Gasteiger charge is -2.32. The van der Waals surface area contributed by atoms with Gasteiger partial charge in [0, 0.05) is 32.4 Å². The van der Waals surface area contributed by atoms with Crippen LogP contribution < -0.4 is 4.74 Å². The molecule has 0 aromatic carbocycles. The summed E-state index contributed by atoms with van der Waals surface area (Å²) < 4.78 is 5.20. The van der Waals surface area contributed by atoms with Crippen LogP contribution in [0.1, 0.15) is 16.1 Å². The smallest absolute Gasteiger partial charge is 0.255 e. The van der Waals surface area contributed by atoms with Crippen molar-refractivity contribution in [1.82, 2.24) is 14.8 Å². The summed E-state index contributed by atoms with van der Waals surface area (Å²) >= 11 is 0. The van der Waals surface area contributed by atoms with Gasteiger partial charge in [-0.1, -0.05) is 0 Å². The minimum atomic E-state index is 0.0360. The minimum Gasteiger partial charge on any atom is -0.495 e. The maximum absolute atomic E-state index is 12.3. The summed E-state index contributed by atoms with van der Waals surface area (Å²) in [7, 11) is 3.66. The number of piperazine rings is 1. The van der Waals surface area contributed by atoms with Crippen LogP contribution in [0, 0.1) is 6.92 Å². The Labute approximate surface area is 107 Å². The van der Waals surface area contributed by atoms with Crippen molar-refractivity contribution in [3.05, 3.63) is 23.5 Å². The zero-order valence-corrected chi connectivity index (χ0v) is 11.1. The normalized spacial score (nSPS) is 16.7. The number of hydrogen-bond acceptors (Lipinski definition) is 4. The molecule has 2 rings (SSSR count). The molecule has 1 aliphatic heterocycles. The van der Waals surface area contributed by atoms with Gasteiger partial charge in [0.1, 0.15) is 5.75 Å². The molecule has 1 fully saturated rings. The predicted molar refractivity (Wildman–Crippen MR) is 68.9 cm³/mol. The van der Waals surface area contributed by atoms with Crippen LogP contribution in [0.5, 0.6) is 5.75 Å². The summed E-state index contributed by atoms with van der Waals surface area (Å²) in [6.07, 6.45) is 1.62. The molecule has 18 heavy (non-hydrogen) atoms. The lowest BCUT2D eigenvalue weighted by Crippen LogP contribution is -2.47. The van der Waals surface area contributed by atoms with Crippen molar-refractivity contribution in [2.24, 2.45) is 0 Å². The molecule has 0 N–H and O–H groups in total. The summed E-state index contributed by atoms with van der Waals surface area (Å²) in [4.78, 5) is 20.6. The van der Waals surface area contributed by atoms with Crippen molar-refractivity contribution in [2.75, 3.05) is 40.3 Å². The zero-order chi connectivity index (χ0) is 13.1. The highest BCUT2D eigenvalue weighted by Crippen LogP contribution is 2.18. The maximum Gasteiger partial charge on any atom is 0.255 e. The van der Waals surface area contributed by atoms with Crippen LogP contribution in [0.25, 0.3) is 0 Å². The number of ether oxygens (including phenoxy) is 1. The number of carbonyl (C=O) groups excluding carboxylic acids is 1. The third kappa shape index (κ3) is 2.61. The van der Waals surface area contributed by atoms with Crippen molar-refractivity contribution < 1.29 is 9.53 Å². The molecule has 0 atom stereocenters. The number of methoxy groups -OCH3 is 1. The van der Waals surface area contributed by atoms with Crippen LogP contribution in [-0.4, -0.2) is 61.0 Å². The highest BCUT2D eigenvalue weighted by atomic mass is 16.5. The van der Waals surface area contributed by atoms with Gasteiger partial charge in [-0.2, -0.15) is 0 Å². The fraction of sp³-hybridized carbons (Fsp3) is 0.538. The monoisotopic (exact) mass is 249 g/mol. The molecule has 1 saturated heterocycles. The van der Waals surface area contributed by atoms with E-state index in [9.17, 15) is 4.79 Å². The molecule has 1 aliphatic rings. The summed E-state index contributed by atoms with van der Waals surface area (Å²) in [5, 5.41) is 0. The van der Waals surface area contributed by atoms with Gasteiger partial charge < -0.3 is 14.5 Å². The molecule has 0 radical (unpaired) electrons. The second-order valence-electron chi connectivity index (χ2n) is 4.61. The lowest BCUT2D eigenvalue weighted by molar-refractivity contribution is 0.0663. The van der Waals surface area contributed by atoms with Crippen molar-refractivity contribution >= 4 is 5.91 Å². The Bertz CT molecular complexity index is 440. The summed E-state index contributed by atoms with van der Waals surface area (Å²) in [6.45, 7) is 5.24. The Kier molecular flexibility index (Phi) is 3.81. The average Bonchev–Trinajstić information content (AvgIpc) is 2.39. The molecule has 98 valence electrons. The third-order valence-corrected chi connectivity index (χ3v) is 3.30. The first-order chi connectivity index (χ1) is 8.61. The molecular weight excluding hydrogens is 230 g/mol. The maximum atomic E-state index is 12.3. The molecule has 0 unspecified atom stereocenters. The van der Waals surface area contributed by atoms with Crippen LogP contribution in [-0.2, 0) is 0 Å². The van der Waals surface area contributed by atoms with Gasteiger partial charge in [-0.05, 0) is 20.0 Å². The standard InChI is InChI=1S/C13H19N3O2/c1-10-12(18-3)8-11(9-14-10)13(17)16-6-4-15(2)5-7-16/h8-9H,4-7H2,1-3H3. The van der Waals surface area contributed by atoms with E-state index < -0.39 is 0 Å². The number of carbonyl (C=O) groups is 1. The van der Waals surface area contributed by atoms with Gasteiger partial charge in [-0.25, -0.2) is 0 Å². The van der Waals surface area contributed by atoms with Gasteiger partial charge in [0.2, 0.25) is 0 Å². The highest BCUT2D eigenvalue weighted by molar-refractivity contribution is 5.94. The first-order valence-electron chi connectivity index (χ1n) is 6.10. The molecule has 0 bridgehead atoms.